The van der Waals surface area contributed by atoms with E-state index in [0.717, 1.165) is 12.1 Å². The maximum atomic E-state index is 13.3. The van der Waals surface area contributed by atoms with Crippen molar-refractivity contribution >= 4 is 43.9 Å². The fourth-order valence-electron chi connectivity index (χ4n) is 4.86. The van der Waals surface area contributed by atoms with Gasteiger partial charge in [-0.25, -0.2) is 13.8 Å². The number of hydrazine groups is 1. The highest BCUT2D eigenvalue weighted by atomic mass is 35.5. The molecule has 39 heavy (non-hydrogen) atoms. The second-order valence-corrected chi connectivity index (χ2v) is 11.4. The Hall–Kier alpha value is -4.32. The van der Waals surface area contributed by atoms with Crippen LogP contribution in [0.15, 0.2) is 78.0 Å². The zero-order valence-electron chi connectivity index (χ0n) is 20.6. The second-order valence-electron chi connectivity index (χ2n) is 9.14. The third-order valence-corrected chi connectivity index (χ3v) is 8.94. The van der Waals surface area contributed by atoms with Gasteiger partial charge >= 0.3 is 0 Å². The van der Waals surface area contributed by atoms with E-state index in [1.807, 2.05) is 24.4 Å². The number of aromatic amines is 1. The van der Waals surface area contributed by atoms with E-state index in [2.05, 4.69) is 32.1 Å². The molecule has 3 aromatic carbocycles. The molecular weight excluding hydrogens is 540 g/mol. The number of aromatic hydroxyl groups is 2. The molecular formula is C27H23ClN6O4S. The van der Waals surface area contributed by atoms with E-state index in [9.17, 15) is 18.6 Å². The summed E-state index contributed by atoms with van der Waals surface area (Å²) < 4.78 is 27.8. The van der Waals surface area contributed by atoms with Gasteiger partial charge in [-0.2, -0.15) is 5.10 Å². The number of nitrogens with one attached hydrogen (secondary N) is 3. The highest BCUT2D eigenvalue weighted by molar-refractivity contribution is 7.92. The average molecular weight is 563 g/mol. The molecule has 0 spiro atoms. The van der Waals surface area contributed by atoms with Gasteiger partial charge in [-0.15, -0.1) is 0 Å². The van der Waals surface area contributed by atoms with E-state index < -0.39 is 21.8 Å². The number of pyridine rings is 1. The van der Waals surface area contributed by atoms with Crippen molar-refractivity contribution in [3.8, 4) is 22.8 Å². The maximum Gasteiger partial charge on any atom is 0.264 e. The standard InChI is InChI=1S/C17H14ClN3O4S.C10H9N3/c1-9-13-8-19-20-17(13)12-6-15(22)16(23)7-14(12)21(9)26(24,25)11-4-2-10(18)3-5-11;1-2-4-9-8(3-1)10-7(5-11-9)6-12-13-10/h2-9,22-23H,1H3,(H,19,20);1-5,12-13H,6H2. The zero-order chi connectivity index (χ0) is 27.3. The van der Waals surface area contributed by atoms with Crippen LogP contribution in [0, 0.1) is 0 Å². The number of para-hydroxylation sites is 1. The highest BCUT2D eigenvalue weighted by Crippen LogP contribution is 2.49. The van der Waals surface area contributed by atoms with Crippen LogP contribution in [0.4, 0.5) is 11.4 Å². The van der Waals surface area contributed by atoms with E-state index in [4.69, 9.17) is 11.6 Å². The molecule has 1 atom stereocenters. The van der Waals surface area contributed by atoms with Crippen LogP contribution in [0.3, 0.4) is 0 Å². The molecule has 2 aromatic heterocycles. The Balaban J connectivity index is 0.000000176. The van der Waals surface area contributed by atoms with E-state index in [1.54, 1.807) is 13.1 Å². The molecule has 10 nitrogen and oxygen atoms in total. The molecule has 5 N–H and O–H groups in total. The van der Waals surface area contributed by atoms with Crippen LogP contribution in [-0.4, -0.2) is 33.8 Å². The van der Waals surface area contributed by atoms with Crippen LogP contribution in [0.1, 0.15) is 24.1 Å². The number of phenolic OH excluding ortho intramolecular Hbond substituents is 2. The van der Waals surface area contributed by atoms with Gasteiger partial charge in [0.25, 0.3) is 10.0 Å². The van der Waals surface area contributed by atoms with Crippen LogP contribution < -0.4 is 15.2 Å². The lowest BCUT2D eigenvalue weighted by molar-refractivity contribution is 0.404. The van der Waals surface area contributed by atoms with Crippen LogP contribution in [0.5, 0.6) is 11.5 Å². The molecule has 0 saturated heterocycles. The van der Waals surface area contributed by atoms with E-state index >= 15 is 0 Å². The van der Waals surface area contributed by atoms with Crippen molar-refractivity contribution in [2.75, 3.05) is 9.73 Å². The summed E-state index contributed by atoms with van der Waals surface area (Å²) in [6, 6.07) is 16.0. The van der Waals surface area contributed by atoms with Crippen molar-refractivity contribution in [1.82, 2.24) is 20.6 Å². The fraction of sp³-hybridized carbons (Fsp3) is 0.111. The number of benzene rings is 3. The van der Waals surface area contributed by atoms with E-state index in [-0.39, 0.29) is 16.3 Å². The molecule has 0 bridgehead atoms. The first kappa shape index (κ1) is 25.0. The molecule has 0 radical (unpaired) electrons. The summed E-state index contributed by atoms with van der Waals surface area (Å²) in [5.74, 6) is -0.752. The lowest BCUT2D eigenvalue weighted by Crippen LogP contribution is -2.36. The van der Waals surface area contributed by atoms with Crippen LogP contribution >= 0.6 is 11.6 Å². The van der Waals surface area contributed by atoms with E-state index in [0.29, 0.717) is 21.8 Å². The largest absolute Gasteiger partial charge is 0.504 e. The number of hydrogen-bond donors (Lipinski definition) is 5. The number of phenols is 2. The second kappa shape index (κ2) is 9.45. The van der Waals surface area contributed by atoms with Gasteiger partial charge in [-0.1, -0.05) is 29.8 Å². The monoisotopic (exact) mass is 562 g/mol. The lowest BCUT2D eigenvalue weighted by atomic mass is 9.96. The molecule has 12 heteroatoms. The first-order chi connectivity index (χ1) is 18.8. The van der Waals surface area contributed by atoms with Gasteiger partial charge in [-0.05, 0) is 43.3 Å². The summed E-state index contributed by atoms with van der Waals surface area (Å²) in [7, 11) is -3.95. The Morgan fingerprint density at radius 2 is 1.77 bits per heavy atom. The zero-order valence-corrected chi connectivity index (χ0v) is 22.1. The number of fused-ring (bicyclic) bond motifs is 6. The van der Waals surface area contributed by atoms with Crippen LogP contribution in [0.2, 0.25) is 5.02 Å². The van der Waals surface area contributed by atoms with Crippen LogP contribution in [-0.2, 0) is 16.6 Å². The minimum atomic E-state index is -3.95. The average Bonchev–Trinajstić information content (AvgIpc) is 3.61. The predicted molar refractivity (Wildman–Crippen MR) is 149 cm³/mol. The van der Waals surface area contributed by atoms with Crippen molar-refractivity contribution < 1.29 is 18.6 Å². The quantitative estimate of drug-likeness (QED) is 0.187. The minimum Gasteiger partial charge on any atom is -0.504 e. The topological polar surface area (TPSA) is 143 Å². The van der Waals surface area contributed by atoms with E-state index in [1.165, 1.54) is 57.3 Å². The van der Waals surface area contributed by atoms with Gasteiger partial charge in [0.2, 0.25) is 0 Å². The number of aromatic nitrogens is 3. The molecule has 0 amide bonds. The maximum absolute atomic E-state index is 13.3. The van der Waals surface area contributed by atoms with Crippen molar-refractivity contribution in [3.05, 3.63) is 89.2 Å². The molecule has 5 aromatic rings. The van der Waals surface area contributed by atoms with Gasteiger partial charge in [0.15, 0.2) is 11.5 Å². The third-order valence-electron chi connectivity index (χ3n) is 6.79. The number of nitrogens with zero attached hydrogens (tertiary/aromatic N) is 3. The number of H-pyrrole nitrogens is 1. The summed E-state index contributed by atoms with van der Waals surface area (Å²) in [5.41, 5.74) is 11.6. The fourth-order valence-corrected chi connectivity index (χ4v) is 6.63. The van der Waals surface area contributed by atoms with Crippen molar-refractivity contribution in [1.29, 1.82) is 0 Å². The Morgan fingerprint density at radius 1 is 1.03 bits per heavy atom. The molecule has 4 heterocycles. The van der Waals surface area contributed by atoms with Gasteiger partial charge in [0.05, 0.1) is 39.7 Å². The lowest BCUT2D eigenvalue weighted by Gasteiger charge is -2.35. The summed E-state index contributed by atoms with van der Waals surface area (Å²) in [6.45, 7) is 2.59. The molecule has 198 valence electrons. The third kappa shape index (κ3) is 4.20. The Morgan fingerprint density at radius 3 is 2.56 bits per heavy atom. The summed E-state index contributed by atoms with van der Waals surface area (Å²) in [4.78, 5) is 4.44. The van der Waals surface area contributed by atoms with Gasteiger partial charge < -0.3 is 15.6 Å². The molecule has 2 aliphatic rings. The van der Waals surface area contributed by atoms with Crippen molar-refractivity contribution in [3.63, 3.8) is 0 Å². The number of sulfonamides is 1. The Labute approximate surface area is 228 Å². The summed E-state index contributed by atoms with van der Waals surface area (Å²) >= 11 is 5.87. The smallest absolute Gasteiger partial charge is 0.264 e. The number of halogens is 1. The molecule has 0 fully saturated rings. The molecule has 1 unspecified atom stereocenters. The molecule has 2 aliphatic heterocycles. The SMILES string of the molecule is CC1c2cn[nH]c2-c2cc(O)c(O)cc2N1S(=O)(=O)c1ccc(Cl)cc1.c1ccc2c3c(cnc2c1)CNN3. The van der Waals surface area contributed by atoms with Crippen molar-refractivity contribution in [2.45, 2.75) is 24.4 Å². The Kier molecular flexibility index (Phi) is 6.06. The first-order valence-electron chi connectivity index (χ1n) is 12.0. The molecule has 0 aliphatic carbocycles. The summed E-state index contributed by atoms with van der Waals surface area (Å²) in [5, 5.41) is 28.2. The minimum absolute atomic E-state index is 0.0687. The molecule has 7 rings (SSSR count). The van der Waals surface area contributed by atoms with Crippen molar-refractivity contribution in [2.24, 2.45) is 0 Å². The predicted octanol–water partition coefficient (Wildman–Crippen LogP) is 5.08. The normalized spacial score (nSPS) is 15.5. The highest BCUT2D eigenvalue weighted by Gasteiger charge is 2.38. The van der Waals surface area contributed by atoms with Gasteiger partial charge in [0.1, 0.15) is 0 Å². The summed E-state index contributed by atoms with van der Waals surface area (Å²) in [6.07, 6.45) is 3.47. The van der Waals surface area contributed by atoms with Gasteiger partial charge in [-0.3, -0.25) is 14.4 Å². The first-order valence-corrected chi connectivity index (χ1v) is 13.8. The van der Waals surface area contributed by atoms with Crippen LogP contribution in [0.25, 0.3) is 22.2 Å². The molecule has 0 saturated carbocycles. The number of anilines is 2. The number of rotatable bonds is 2. The Bertz CT molecular complexity index is 1820. The van der Waals surface area contributed by atoms with Gasteiger partial charge in [0, 0.05) is 45.9 Å². The number of hydrogen-bond acceptors (Lipinski definition) is 8.